The molecule has 1 N–H and O–H groups in total. The molecule has 2 heterocycles. The van der Waals surface area contributed by atoms with Crippen molar-refractivity contribution in [1.29, 1.82) is 0 Å². The van der Waals surface area contributed by atoms with Crippen molar-refractivity contribution in [1.82, 2.24) is 15.1 Å². The summed E-state index contributed by atoms with van der Waals surface area (Å²) >= 11 is 6.28. The number of aromatic nitrogens is 2. The Morgan fingerprint density at radius 2 is 1.86 bits per heavy atom. The van der Waals surface area contributed by atoms with Crippen molar-refractivity contribution in [3.8, 4) is 17.0 Å². The topological polar surface area (TPSA) is 76.5 Å². The summed E-state index contributed by atoms with van der Waals surface area (Å²) in [7, 11) is 1.62. The van der Waals surface area contributed by atoms with E-state index in [1.807, 2.05) is 37.3 Å². The minimum Gasteiger partial charge on any atom is -0.497 e. The van der Waals surface area contributed by atoms with Gasteiger partial charge in [-0.25, -0.2) is 0 Å². The van der Waals surface area contributed by atoms with Gasteiger partial charge in [0.15, 0.2) is 0 Å². The van der Waals surface area contributed by atoms with Crippen molar-refractivity contribution in [2.75, 3.05) is 12.0 Å². The van der Waals surface area contributed by atoms with E-state index in [0.29, 0.717) is 22.1 Å². The summed E-state index contributed by atoms with van der Waals surface area (Å²) in [5, 5.41) is 8.45. The maximum atomic E-state index is 13.9. The average molecular weight is 493 g/mol. The van der Waals surface area contributed by atoms with Crippen LogP contribution in [0.25, 0.3) is 11.3 Å². The van der Waals surface area contributed by atoms with Crippen LogP contribution >= 0.6 is 11.6 Å². The van der Waals surface area contributed by atoms with Crippen LogP contribution < -0.4 is 15.0 Å². The summed E-state index contributed by atoms with van der Waals surface area (Å²) < 4.78 is 6.91. The predicted molar refractivity (Wildman–Crippen MR) is 136 cm³/mol. The molecule has 2 aromatic carbocycles. The van der Waals surface area contributed by atoms with Gasteiger partial charge >= 0.3 is 0 Å². The Kier molecular flexibility index (Phi) is 6.28. The molecule has 0 radical (unpaired) electrons. The van der Waals surface area contributed by atoms with Gasteiger partial charge in [0.25, 0.3) is 5.91 Å². The number of fused-ring (bicyclic) bond motifs is 1. The molecule has 5 rings (SSSR count). The largest absolute Gasteiger partial charge is 0.497 e. The van der Waals surface area contributed by atoms with Gasteiger partial charge in [-0.2, -0.15) is 5.10 Å². The Labute approximate surface area is 210 Å². The number of rotatable bonds is 5. The second-order valence-corrected chi connectivity index (χ2v) is 9.94. The lowest BCUT2D eigenvalue weighted by Crippen LogP contribution is -2.65. The van der Waals surface area contributed by atoms with Crippen LogP contribution in [0, 0.1) is 0 Å². The molecule has 1 aliphatic heterocycles. The van der Waals surface area contributed by atoms with Crippen LogP contribution in [0.4, 0.5) is 5.69 Å². The number of ether oxygens (including phenoxy) is 1. The highest BCUT2D eigenvalue weighted by Gasteiger charge is 2.49. The molecular weight excluding hydrogens is 464 g/mol. The van der Waals surface area contributed by atoms with E-state index < -0.39 is 5.54 Å². The first-order chi connectivity index (χ1) is 16.9. The Balaban J connectivity index is 1.54. The van der Waals surface area contributed by atoms with Crippen molar-refractivity contribution < 1.29 is 14.3 Å². The molecule has 1 aromatic heterocycles. The smallest absolute Gasteiger partial charge is 0.277 e. The number of hydrogen-bond donors (Lipinski definition) is 1. The molecule has 1 atom stereocenters. The highest BCUT2D eigenvalue weighted by Crippen LogP contribution is 2.35. The van der Waals surface area contributed by atoms with Gasteiger partial charge in [0.05, 0.1) is 19.3 Å². The standard InChI is InChI=1S/C27H29ClN4O3/c1-27(26(34)29-20-8-4-3-5-9-20)17-31-24(25(33)32(27)21-10-6-7-19(28)15-21)16-23(30-31)18-11-13-22(35-2)14-12-18/h6-7,10-16,20H,3-5,8-9,17H2,1-2H3,(H,29,34)/t27-/m1/s1. The second kappa shape index (κ2) is 9.38. The molecule has 7 nitrogen and oxygen atoms in total. The molecule has 0 bridgehead atoms. The Bertz CT molecular complexity index is 1250. The molecule has 1 fully saturated rings. The lowest BCUT2D eigenvalue weighted by molar-refractivity contribution is -0.127. The number of halogens is 1. The van der Waals surface area contributed by atoms with Gasteiger partial charge < -0.3 is 10.1 Å². The van der Waals surface area contributed by atoms with E-state index in [-0.39, 0.29) is 24.4 Å². The van der Waals surface area contributed by atoms with Crippen molar-refractivity contribution in [2.45, 2.75) is 57.2 Å². The molecule has 2 amide bonds. The van der Waals surface area contributed by atoms with Gasteiger partial charge in [-0.15, -0.1) is 0 Å². The van der Waals surface area contributed by atoms with Crippen molar-refractivity contribution >= 4 is 29.1 Å². The normalized spacial score (nSPS) is 20.4. The molecule has 0 saturated heterocycles. The minimum absolute atomic E-state index is 0.123. The zero-order chi connectivity index (χ0) is 24.6. The third-order valence-corrected chi connectivity index (χ3v) is 7.27. The number of carbonyl (C=O) groups excluding carboxylic acids is 2. The van der Waals surface area contributed by atoms with Gasteiger partial charge in [0.1, 0.15) is 17.0 Å². The van der Waals surface area contributed by atoms with Crippen LogP contribution in [0.15, 0.2) is 54.6 Å². The Hall–Kier alpha value is -3.32. The number of carbonyl (C=O) groups is 2. The van der Waals surface area contributed by atoms with Gasteiger partial charge in [0, 0.05) is 22.3 Å². The van der Waals surface area contributed by atoms with E-state index >= 15 is 0 Å². The third-order valence-electron chi connectivity index (χ3n) is 7.04. The summed E-state index contributed by atoms with van der Waals surface area (Å²) in [6.07, 6.45) is 5.32. The van der Waals surface area contributed by atoms with Gasteiger partial charge in [-0.05, 0) is 68.3 Å². The van der Waals surface area contributed by atoms with E-state index in [9.17, 15) is 9.59 Å². The van der Waals surface area contributed by atoms with Crippen LogP contribution in [0.1, 0.15) is 49.5 Å². The zero-order valence-corrected chi connectivity index (χ0v) is 20.7. The lowest BCUT2D eigenvalue weighted by atomic mass is 9.91. The summed E-state index contributed by atoms with van der Waals surface area (Å²) in [5.74, 6) is 0.282. The summed E-state index contributed by atoms with van der Waals surface area (Å²) in [6.45, 7) is 2.04. The Morgan fingerprint density at radius 3 is 2.54 bits per heavy atom. The molecule has 0 spiro atoms. The summed E-state index contributed by atoms with van der Waals surface area (Å²) in [6, 6.07) is 16.5. The van der Waals surface area contributed by atoms with E-state index in [1.165, 1.54) is 6.42 Å². The fraction of sp³-hybridized carbons (Fsp3) is 0.370. The van der Waals surface area contributed by atoms with Crippen LogP contribution in [-0.2, 0) is 11.3 Å². The lowest BCUT2D eigenvalue weighted by Gasteiger charge is -2.44. The summed E-state index contributed by atoms with van der Waals surface area (Å²) in [5.41, 5.74) is 1.37. The first-order valence-electron chi connectivity index (χ1n) is 12.0. The van der Waals surface area contributed by atoms with E-state index in [0.717, 1.165) is 37.0 Å². The molecule has 1 saturated carbocycles. The maximum absolute atomic E-state index is 13.9. The number of benzene rings is 2. The Morgan fingerprint density at radius 1 is 1.11 bits per heavy atom. The summed E-state index contributed by atoms with van der Waals surface area (Å²) in [4.78, 5) is 29.2. The van der Waals surface area contributed by atoms with Crippen molar-refractivity contribution in [2.24, 2.45) is 0 Å². The third kappa shape index (κ3) is 4.41. The first-order valence-corrected chi connectivity index (χ1v) is 12.4. The van der Waals surface area contributed by atoms with Crippen molar-refractivity contribution in [3.63, 3.8) is 0 Å². The monoisotopic (exact) mass is 492 g/mol. The van der Waals surface area contributed by atoms with E-state index in [4.69, 9.17) is 21.4 Å². The molecule has 8 heteroatoms. The van der Waals surface area contributed by atoms with Gasteiger partial charge in [-0.1, -0.05) is 36.9 Å². The average Bonchev–Trinajstić information content (AvgIpc) is 3.29. The number of amides is 2. The SMILES string of the molecule is COc1ccc(-c2cc3n(n2)C[C@](C)(C(=O)NC2CCCCC2)N(c2cccc(Cl)c2)C3=O)cc1. The molecule has 2 aliphatic rings. The number of anilines is 1. The highest BCUT2D eigenvalue weighted by molar-refractivity contribution is 6.31. The number of nitrogens with one attached hydrogen (secondary N) is 1. The van der Waals surface area contributed by atoms with Crippen molar-refractivity contribution in [3.05, 3.63) is 65.3 Å². The quantitative estimate of drug-likeness (QED) is 0.539. The first kappa shape index (κ1) is 23.4. The molecule has 182 valence electrons. The van der Waals surface area contributed by atoms with Gasteiger partial charge in [-0.3, -0.25) is 19.2 Å². The number of hydrogen-bond acceptors (Lipinski definition) is 4. The fourth-order valence-corrected chi connectivity index (χ4v) is 5.28. The highest BCUT2D eigenvalue weighted by atomic mass is 35.5. The predicted octanol–water partition coefficient (Wildman–Crippen LogP) is 5.08. The van der Waals surface area contributed by atoms with Crippen LogP contribution in [0.5, 0.6) is 5.75 Å². The molecular formula is C27H29ClN4O3. The number of nitrogens with zero attached hydrogens (tertiary/aromatic N) is 3. The van der Waals surface area contributed by atoms with Gasteiger partial charge in [0.2, 0.25) is 5.91 Å². The van der Waals surface area contributed by atoms with Crippen LogP contribution in [0.2, 0.25) is 5.02 Å². The van der Waals surface area contributed by atoms with Crippen LogP contribution in [0.3, 0.4) is 0 Å². The molecule has 0 unspecified atom stereocenters. The molecule has 3 aromatic rings. The molecule has 1 aliphatic carbocycles. The number of methoxy groups -OCH3 is 1. The second-order valence-electron chi connectivity index (χ2n) is 9.50. The van der Waals surface area contributed by atoms with E-state index in [2.05, 4.69) is 5.32 Å². The maximum Gasteiger partial charge on any atom is 0.277 e. The van der Waals surface area contributed by atoms with E-state index in [1.54, 1.807) is 41.0 Å². The zero-order valence-electron chi connectivity index (χ0n) is 20.0. The molecule has 35 heavy (non-hydrogen) atoms. The fourth-order valence-electron chi connectivity index (χ4n) is 5.09. The minimum atomic E-state index is -1.17. The van der Waals surface area contributed by atoms with Crippen LogP contribution in [-0.4, -0.2) is 40.3 Å².